The molecule has 25 heavy (non-hydrogen) atoms. The lowest BCUT2D eigenvalue weighted by atomic mass is 10.1. The number of benzene rings is 1. The van der Waals surface area contributed by atoms with Gasteiger partial charge in [0.1, 0.15) is 11.4 Å². The zero-order valence-electron chi connectivity index (χ0n) is 14.4. The van der Waals surface area contributed by atoms with Crippen LogP contribution >= 0.6 is 0 Å². The average Bonchev–Trinajstić information content (AvgIpc) is 3.20. The third kappa shape index (κ3) is 3.71. The van der Waals surface area contributed by atoms with Gasteiger partial charge in [-0.15, -0.1) is 0 Å². The number of nitrogens with zero attached hydrogens (tertiary/aromatic N) is 3. The first-order valence-corrected chi connectivity index (χ1v) is 8.10. The lowest BCUT2D eigenvalue weighted by molar-refractivity contribution is 0.0942. The highest BCUT2D eigenvalue weighted by Gasteiger charge is 2.14. The van der Waals surface area contributed by atoms with Crippen LogP contribution in [-0.2, 0) is 0 Å². The fourth-order valence-electron chi connectivity index (χ4n) is 2.73. The van der Waals surface area contributed by atoms with Crippen molar-refractivity contribution in [3.05, 3.63) is 53.5 Å². The summed E-state index contributed by atoms with van der Waals surface area (Å²) in [5.41, 5.74) is 3.89. The van der Waals surface area contributed by atoms with E-state index in [1.54, 1.807) is 30.3 Å². The fraction of sp³-hybridized carbons (Fsp3) is 0.278. The van der Waals surface area contributed by atoms with E-state index in [0.717, 1.165) is 17.0 Å². The van der Waals surface area contributed by atoms with Crippen LogP contribution in [0.1, 0.15) is 34.8 Å². The quantitative estimate of drug-likeness (QED) is 0.666. The predicted octanol–water partition coefficient (Wildman–Crippen LogP) is 2.59. The molecule has 7 nitrogen and oxygen atoms in total. The van der Waals surface area contributed by atoms with Crippen molar-refractivity contribution < 1.29 is 9.90 Å². The largest absolute Gasteiger partial charge is 0.508 e. The Balaban J connectivity index is 1.64. The van der Waals surface area contributed by atoms with Crippen molar-refractivity contribution in [2.45, 2.75) is 26.8 Å². The molecule has 0 bridgehead atoms. The number of aromatic hydroxyl groups is 1. The Hall–Kier alpha value is -3.09. The minimum absolute atomic E-state index is 0.0529. The summed E-state index contributed by atoms with van der Waals surface area (Å²) in [6.07, 6.45) is 0. The highest BCUT2D eigenvalue weighted by molar-refractivity contribution is 5.93. The summed E-state index contributed by atoms with van der Waals surface area (Å²) in [6.45, 7) is 6.42. The Morgan fingerprint density at radius 2 is 2.00 bits per heavy atom. The lowest BCUT2D eigenvalue weighted by Crippen LogP contribution is -2.30. The van der Waals surface area contributed by atoms with Gasteiger partial charge in [-0.2, -0.15) is 10.2 Å². The number of aromatic amines is 1. The molecule has 0 aliphatic carbocycles. The molecular formula is C18H21N5O2. The number of hydrogen-bond acceptors (Lipinski definition) is 4. The Labute approximate surface area is 145 Å². The van der Waals surface area contributed by atoms with E-state index in [-0.39, 0.29) is 17.7 Å². The number of carbonyl (C=O) groups excluding carboxylic acids is 1. The van der Waals surface area contributed by atoms with E-state index >= 15 is 0 Å². The maximum absolute atomic E-state index is 12.3. The van der Waals surface area contributed by atoms with Crippen LogP contribution in [0.2, 0.25) is 0 Å². The lowest BCUT2D eigenvalue weighted by Gasteiger charge is -2.14. The Morgan fingerprint density at radius 1 is 1.28 bits per heavy atom. The van der Waals surface area contributed by atoms with Crippen molar-refractivity contribution in [3.63, 3.8) is 0 Å². The molecule has 7 heteroatoms. The Morgan fingerprint density at radius 3 is 2.64 bits per heavy atom. The van der Waals surface area contributed by atoms with Crippen LogP contribution in [-0.4, -0.2) is 37.5 Å². The Bertz CT molecular complexity index is 879. The fourth-order valence-corrected chi connectivity index (χ4v) is 2.73. The second-order valence-corrected chi connectivity index (χ2v) is 6.14. The van der Waals surface area contributed by atoms with Gasteiger partial charge in [0.25, 0.3) is 5.91 Å². The first kappa shape index (κ1) is 16.8. The van der Waals surface area contributed by atoms with Gasteiger partial charge in [-0.3, -0.25) is 14.6 Å². The van der Waals surface area contributed by atoms with Crippen molar-refractivity contribution >= 4 is 5.91 Å². The molecule has 1 aromatic carbocycles. The first-order chi connectivity index (χ1) is 11.9. The van der Waals surface area contributed by atoms with Gasteiger partial charge >= 0.3 is 0 Å². The van der Waals surface area contributed by atoms with E-state index in [2.05, 4.69) is 20.6 Å². The normalized spacial score (nSPS) is 12.1. The molecule has 1 amide bonds. The van der Waals surface area contributed by atoms with E-state index in [1.807, 2.05) is 31.5 Å². The molecule has 1 unspecified atom stereocenters. The van der Waals surface area contributed by atoms with Crippen molar-refractivity contribution in [2.75, 3.05) is 6.54 Å². The van der Waals surface area contributed by atoms with Crippen LogP contribution in [0, 0.1) is 13.8 Å². The Kier molecular flexibility index (Phi) is 4.56. The molecule has 0 saturated heterocycles. The monoisotopic (exact) mass is 339 g/mol. The molecule has 0 radical (unpaired) electrons. The SMILES string of the molecule is Cc1cc(C)n(C(C)CNC(=O)c2cc(-c3ccc(O)cc3)n[nH]2)n1. The summed E-state index contributed by atoms with van der Waals surface area (Å²) in [4.78, 5) is 12.3. The van der Waals surface area contributed by atoms with E-state index in [4.69, 9.17) is 0 Å². The van der Waals surface area contributed by atoms with E-state index < -0.39 is 0 Å². The maximum atomic E-state index is 12.3. The third-order valence-corrected chi connectivity index (χ3v) is 4.01. The second kappa shape index (κ2) is 6.80. The number of hydrogen-bond donors (Lipinski definition) is 3. The smallest absolute Gasteiger partial charge is 0.269 e. The van der Waals surface area contributed by atoms with Gasteiger partial charge in [-0.05, 0) is 57.2 Å². The van der Waals surface area contributed by atoms with Crippen LogP contribution < -0.4 is 5.32 Å². The van der Waals surface area contributed by atoms with Crippen molar-refractivity contribution in [1.82, 2.24) is 25.3 Å². The predicted molar refractivity (Wildman–Crippen MR) is 94.4 cm³/mol. The molecule has 2 aromatic heterocycles. The van der Waals surface area contributed by atoms with Gasteiger partial charge in [0.15, 0.2) is 0 Å². The first-order valence-electron chi connectivity index (χ1n) is 8.10. The molecule has 0 saturated carbocycles. The average molecular weight is 339 g/mol. The van der Waals surface area contributed by atoms with Gasteiger partial charge < -0.3 is 10.4 Å². The molecule has 2 heterocycles. The molecule has 0 aliphatic rings. The maximum Gasteiger partial charge on any atom is 0.269 e. The molecule has 3 N–H and O–H groups in total. The van der Waals surface area contributed by atoms with Gasteiger partial charge in [0, 0.05) is 17.8 Å². The third-order valence-electron chi connectivity index (χ3n) is 4.01. The van der Waals surface area contributed by atoms with Crippen LogP contribution in [0.5, 0.6) is 5.75 Å². The standard InChI is InChI=1S/C18H21N5O2/c1-11-8-12(2)23(22-11)13(3)10-19-18(25)17-9-16(20-21-17)14-4-6-15(24)7-5-14/h4-9,13,24H,10H2,1-3H3,(H,19,25)(H,20,21). The highest BCUT2D eigenvalue weighted by atomic mass is 16.3. The molecule has 0 aliphatic heterocycles. The summed E-state index contributed by atoms with van der Waals surface area (Å²) >= 11 is 0. The molecule has 1 atom stereocenters. The highest BCUT2D eigenvalue weighted by Crippen LogP contribution is 2.20. The number of phenolic OH excluding ortho intramolecular Hbond substituents is 1. The number of aromatic nitrogens is 4. The minimum Gasteiger partial charge on any atom is -0.508 e. The number of amides is 1. The number of carbonyl (C=O) groups is 1. The van der Waals surface area contributed by atoms with Crippen molar-refractivity contribution in [1.29, 1.82) is 0 Å². The number of rotatable bonds is 5. The topological polar surface area (TPSA) is 95.8 Å². The molecular weight excluding hydrogens is 318 g/mol. The van der Waals surface area contributed by atoms with Crippen LogP contribution in [0.4, 0.5) is 0 Å². The van der Waals surface area contributed by atoms with Crippen LogP contribution in [0.25, 0.3) is 11.3 Å². The summed E-state index contributed by atoms with van der Waals surface area (Å²) < 4.78 is 1.91. The van der Waals surface area contributed by atoms with Gasteiger partial charge in [0.05, 0.1) is 17.4 Å². The molecule has 3 rings (SSSR count). The van der Waals surface area contributed by atoms with E-state index in [9.17, 15) is 9.90 Å². The van der Waals surface area contributed by atoms with Crippen LogP contribution in [0.3, 0.4) is 0 Å². The zero-order valence-corrected chi connectivity index (χ0v) is 14.4. The van der Waals surface area contributed by atoms with Crippen LogP contribution in [0.15, 0.2) is 36.4 Å². The molecule has 3 aromatic rings. The van der Waals surface area contributed by atoms with Crippen molar-refractivity contribution in [3.8, 4) is 17.0 Å². The van der Waals surface area contributed by atoms with Gasteiger partial charge in [-0.25, -0.2) is 0 Å². The molecule has 130 valence electrons. The van der Waals surface area contributed by atoms with Crippen molar-refractivity contribution in [2.24, 2.45) is 0 Å². The zero-order chi connectivity index (χ0) is 18.0. The summed E-state index contributed by atoms with van der Waals surface area (Å²) in [7, 11) is 0. The van der Waals surface area contributed by atoms with Gasteiger partial charge in [-0.1, -0.05) is 0 Å². The molecule has 0 fully saturated rings. The number of H-pyrrole nitrogens is 1. The van der Waals surface area contributed by atoms with E-state index in [1.165, 1.54) is 0 Å². The van der Waals surface area contributed by atoms with Gasteiger partial charge in [0.2, 0.25) is 0 Å². The number of phenols is 1. The number of nitrogens with one attached hydrogen (secondary N) is 2. The second-order valence-electron chi connectivity index (χ2n) is 6.14. The summed E-state index contributed by atoms with van der Waals surface area (Å²) in [5, 5.41) is 23.6. The number of aryl methyl sites for hydroxylation is 2. The molecule has 0 spiro atoms. The minimum atomic E-state index is -0.217. The summed E-state index contributed by atoms with van der Waals surface area (Å²) in [5.74, 6) is -0.0266. The summed E-state index contributed by atoms with van der Waals surface area (Å²) in [6, 6.07) is 10.4. The van der Waals surface area contributed by atoms with E-state index in [0.29, 0.717) is 17.9 Å².